The van der Waals surface area contributed by atoms with Crippen molar-refractivity contribution in [1.29, 1.82) is 0 Å². The lowest BCUT2D eigenvalue weighted by Gasteiger charge is -2.33. The van der Waals surface area contributed by atoms with E-state index in [9.17, 15) is 0 Å². The number of rotatable bonds is 15. The zero-order valence-corrected chi connectivity index (χ0v) is 23.0. The van der Waals surface area contributed by atoms with Crippen LogP contribution in [0.15, 0.2) is 79.0 Å². The van der Waals surface area contributed by atoms with Gasteiger partial charge in [-0.15, -0.1) is 0 Å². The first-order valence-corrected chi connectivity index (χ1v) is 13.0. The predicted octanol–water partition coefficient (Wildman–Crippen LogP) is 7.08. The Balaban J connectivity index is 2.39. The molecule has 3 heteroatoms. The molecule has 190 valence electrons. The van der Waals surface area contributed by atoms with Gasteiger partial charge in [0.25, 0.3) is 0 Å². The number of allylic oxidation sites excluding steroid dienone is 1. The average molecular weight is 474 g/mol. The quantitative estimate of drug-likeness (QED) is 0.214. The summed E-state index contributed by atoms with van der Waals surface area (Å²) < 4.78 is 0. The number of benzene rings is 2. The van der Waals surface area contributed by atoms with Gasteiger partial charge in [0.15, 0.2) is 0 Å². The van der Waals surface area contributed by atoms with Gasteiger partial charge in [-0.05, 0) is 100 Å². The molecule has 2 aromatic carbocycles. The minimum absolute atomic E-state index is 0.108. The minimum Gasteiger partial charge on any atom is -0.368 e. The van der Waals surface area contributed by atoms with Gasteiger partial charge in [-0.3, -0.25) is 0 Å². The van der Waals surface area contributed by atoms with E-state index in [0.29, 0.717) is 0 Å². The van der Waals surface area contributed by atoms with Crippen LogP contribution >= 0.6 is 0 Å². The predicted molar refractivity (Wildman–Crippen MR) is 155 cm³/mol. The lowest BCUT2D eigenvalue weighted by molar-refractivity contribution is 0.333. The van der Waals surface area contributed by atoms with Crippen molar-refractivity contribution in [3.63, 3.8) is 0 Å². The molecule has 0 fully saturated rings. The molecule has 0 aromatic heterocycles. The Morgan fingerprint density at radius 1 is 0.971 bits per heavy atom. The molecule has 0 spiro atoms. The zero-order chi connectivity index (χ0) is 26.0. The molecule has 35 heavy (non-hydrogen) atoms. The van der Waals surface area contributed by atoms with Crippen molar-refractivity contribution in [3.8, 4) is 11.1 Å². The van der Waals surface area contributed by atoms with Crippen LogP contribution in [0, 0.1) is 0 Å². The van der Waals surface area contributed by atoms with Crippen molar-refractivity contribution < 1.29 is 0 Å². The molecule has 0 aliphatic carbocycles. The summed E-state index contributed by atoms with van der Waals surface area (Å²) in [5.74, 6) is 0. The SMILES string of the molecule is C=C(C)C(Cc1cccc(-c2cc(C(C(=C)C)N(C)C(=C)CCCCNC)ccc2CC)c1)NC. The first-order valence-electron chi connectivity index (χ1n) is 13.0. The number of unbranched alkanes of at least 4 members (excludes halogenated alkanes) is 1. The van der Waals surface area contributed by atoms with E-state index in [1.807, 2.05) is 14.1 Å². The van der Waals surface area contributed by atoms with Crippen LogP contribution in [-0.4, -0.2) is 38.6 Å². The van der Waals surface area contributed by atoms with Crippen LogP contribution < -0.4 is 10.6 Å². The lowest BCUT2D eigenvalue weighted by atomic mass is 9.89. The van der Waals surface area contributed by atoms with Crippen molar-refractivity contribution in [3.05, 3.63) is 95.7 Å². The second-order valence-electron chi connectivity index (χ2n) is 9.85. The summed E-state index contributed by atoms with van der Waals surface area (Å²) in [5.41, 5.74) is 9.98. The van der Waals surface area contributed by atoms with Crippen LogP contribution in [-0.2, 0) is 12.8 Å². The Morgan fingerprint density at radius 3 is 2.31 bits per heavy atom. The van der Waals surface area contributed by atoms with Crippen molar-refractivity contribution in [2.24, 2.45) is 0 Å². The van der Waals surface area contributed by atoms with Crippen LogP contribution in [0.4, 0.5) is 0 Å². The molecule has 0 radical (unpaired) electrons. The molecule has 0 bridgehead atoms. The molecule has 0 saturated heterocycles. The van der Waals surface area contributed by atoms with Crippen molar-refractivity contribution in [1.82, 2.24) is 15.5 Å². The standard InChI is InChI=1S/C32H47N3/c1-10-27-17-18-29(32(24(4)5)35(9)25(6)14-11-12-19-33-7)22-30(27)28-16-13-15-26(20-28)21-31(34-8)23(2)3/h13,15-18,20,22,31-34H,2,4,6,10-12,14,19,21H2,1,3,5,7-9H3. The van der Waals surface area contributed by atoms with Crippen LogP contribution in [0.25, 0.3) is 11.1 Å². The number of aryl methyl sites for hydroxylation is 1. The number of nitrogens with one attached hydrogen (secondary N) is 2. The summed E-state index contributed by atoms with van der Waals surface area (Å²) in [6.07, 6.45) is 5.23. The van der Waals surface area contributed by atoms with Crippen molar-refractivity contribution in [2.75, 3.05) is 27.7 Å². The first-order chi connectivity index (χ1) is 16.7. The summed E-state index contributed by atoms with van der Waals surface area (Å²) >= 11 is 0. The van der Waals surface area contributed by atoms with Crippen LogP contribution in [0.1, 0.15) is 62.8 Å². The largest absolute Gasteiger partial charge is 0.368 e. The Bertz CT molecular complexity index is 1000. The van der Waals surface area contributed by atoms with Crippen LogP contribution in [0.5, 0.6) is 0 Å². The maximum absolute atomic E-state index is 4.41. The lowest BCUT2D eigenvalue weighted by Crippen LogP contribution is -2.28. The zero-order valence-electron chi connectivity index (χ0n) is 23.0. The van der Waals surface area contributed by atoms with Gasteiger partial charge in [-0.2, -0.15) is 0 Å². The van der Waals surface area contributed by atoms with Gasteiger partial charge in [0.2, 0.25) is 0 Å². The molecule has 2 aromatic rings. The Labute approximate surface area is 215 Å². The number of hydrogen-bond acceptors (Lipinski definition) is 3. The van der Waals surface area contributed by atoms with E-state index in [-0.39, 0.29) is 12.1 Å². The third-order valence-electron chi connectivity index (χ3n) is 6.95. The molecule has 2 N–H and O–H groups in total. The van der Waals surface area contributed by atoms with Gasteiger partial charge in [0.1, 0.15) is 0 Å². The van der Waals surface area contributed by atoms with E-state index in [1.54, 1.807) is 0 Å². The number of likely N-dealkylation sites (N-methyl/N-ethyl adjacent to an activating group) is 2. The fraction of sp³-hybridized carbons (Fsp3) is 0.438. The van der Waals surface area contributed by atoms with Gasteiger partial charge in [-0.1, -0.05) is 74.2 Å². The summed E-state index contributed by atoms with van der Waals surface area (Å²) in [6, 6.07) is 16.3. The number of hydrogen-bond donors (Lipinski definition) is 2. The van der Waals surface area contributed by atoms with Crippen LogP contribution in [0.3, 0.4) is 0 Å². The Kier molecular flexibility index (Phi) is 11.5. The topological polar surface area (TPSA) is 27.3 Å². The van der Waals surface area contributed by atoms with Crippen LogP contribution in [0.2, 0.25) is 0 Å². The second-order valence-corrected chi connectivity index (χ2v) is 9.85. The summed E-state index contributed by atoms with van der Waals surface area (Å²) in [7, 11) is 6.17. The van der Waals surface area contributed by atoms with E-state index in [1.165, 1.54) is 27.8 Å². The van der Waals surface area contributed by atoms with Gasteiger partial charge >= 0.3 is 0 Å². The van der Waals surface area contributed by atoms with E-state index in [0.717, 1.165) is 55.5 Å². The minimum atomic E-state index is 0.108. The number of nitrogens with zero attached hydrogens (tertiary/aromatic N) is 1. The molecular weight excluding hydrogens is 426 g/mol. The Morgan fingerprint density at radius 2 is 1.71 bits per heavy atom. The highest BCUT2D eigenvalue weighted by Crippen LogP contribution is 2.35. The average Bonchev–Trinajstić information content (AvgIpc) is 2.84. The smallest absolute Gasteiger partial charge is 0.0744 e. The second kappa shape index (κ2) is 14.1. The first kappa shape index (κ1) is 28.6. The van der Waals surface area contributed by atoms with E-state index in [2.05, 4.69) is 106 Å². The third-order valence-corrected chi connectivity index (χ3v) is 6.95. The highest BCUT2D eigenvalue weighted by atomic mass is 15.1. The fourth-order valence-electron chi connectivity index (χ4n) is 4.79. The van der Waals surface area contributed by atoms with E-state index >= 15 is 0 Å². The van der Waals surface area contributed by atoms with Gasteiger partial charge in [0.05, 0.1) is 6.04 Å². The van der Waals surface area contributed by atoms with Crippen molar-refractivity contribution >= 4 is 0 Å². The molecular formula is C32H47N3. The molecule has 0 aliphatic heterocycles. The molecule has 2 unspecified atom stereocenters. The molecule has 0 saturated carbocycles. The van der Waals surface area contributed by atoms with Gasteiger partial charge in [-0.25, -0.2) is 0 Å². The fourth-order valence-corrected chi connectivity index (χ4v) is 4.79. The maximum atomic E-state index is 4.41. The summed E-state index contributed by atoms with van der Waals surface area (Å²) in [5, 5.41) is 6.61. The van der Waals surface area contributed by atoms with E-state index < -0.39 is 0 Å². The summed E-state index contributed by atoms with van der Waals surface area (Å²) in [6.45, 7) is 20.4. The molecule has 0 amide bonds. The highest BCUT2D eigenvalue weighted by molar-refractivity contribution is 5.69. The molecule has 0 aliphatic rings. The van der Waals surface area contributed by atoms with Crippen molar-refractivity contribution in [2.45, 2.75) is 65.0 Å². The summed E-state index contributed by atoms with van der Waals surface area (Å²) in [4.78, 5) is 2.31. The van der Waals surface area contributed by atoms with Gasteiger partial charge < -0.3 is 15.5 Å². The Hall–Kier alpha value is -2.62. The molecule has 3 nitrogen and oxygen atoms in total. The van der Waals surface area contributed by atoms with E-state index in [4.69, 9.17) is 0 Å². The molecule has 2 rings (SSSR count). The molecule has 0 heterocycles. The van der Waals surface area contributed by atoms with Gasteiger partial charge in [0, 0.05) is 18.8 Å². The highest BCUT2D eigenvalue weighted by Gasteiger charge is 2.21. The third kappa shape index (κ3) is 7.95. The monoisotopic (exact) mass is 473 g/mol. The maximum Gasteiger partial charge on any atom is 0.0744 e. The molecule has 2 atom stereocenters. The normalized spacial score (nSPS) is 12.7.